The van der Waals surface area contributed by atoms with Gasteiger partial charge < -0.3 is 16.4 Å². The number of nitrogen functional groups attached to an aromatic ring is 1. The summed E-state index contributed by atoms with van der Waals surface area (Å²) in [5, 5.41) is 7.58. The quantitative estimate of drug-likeness (QED) is 0.474. The number of rotatable bonds is 5. The average Bonchev–Trinajstić information content (AvgIpc) is 2.59. The Kier molecular flexibility index (Phi) is 5.86. The molecular formula is C20H28ClN7O. The van der Waals surface area contributed by atoms with E-state index in [1.165, 1.54) is 6.33 Å². The number of piperidine rings is 1. The van der Waals surface area contributed by atoms with Crippen LogP contribution < -0.4 is 27.2 Å². The number of carbonyl (C=O) groups excluding carboxylic acids is 1. The smallest absolute Gasteiger partial charge is 0.269 e. The van der Waals surface area contributed by atoms with Crippen LogP contribution in [0, 0.1) is 0 Å². The van der Waals surface area contributed by atoms with Crippen molar-refractivity contribution in [3.05, 3.63) is 41.2 Å². The summed E-state index contributed by atoms with van der Waals surface area (Å²) in [5.74, 6) is 0.519. The molecule has 2 heterocycles. The van der Waals surface area contributed by atoms with Crippen LogP contribution in [0.2, 0.25) is 5.02 Å². The molecule has 29 heavy (non-hydrogen) atoms. The van der Waals surface area contributed by atoms with Gasteiger partial charge in [0, 0.05) is 27.7 Å². The largest absolute Gasteiger partial charge is 0.393 e. The second-order valence-corrected chi connectivity index (χ2v) is 9.15. The van der Waals surface area contributed by atoms with Crippen molar-refractivity contribution < 1.29 is 4.79 Å². The second kappa shape index (κ2) is 8.04. The highest BCUT2D eigenvalue weighted by Gasteiger charge is 2.37. The number of hydrazine groups is 1. The normalized spacial score (nSPS) is 18.1. The summed E-state index contributed by atoms with van der Waals surface area (Å²) in [6.07, 6.45) is 3.26. The summed E-state index contributed by atoms with van der Waals surface area (Å²) in [7, 11) is 0. The third kappa shape index (κ3) is 5.48. The Bertz CT molecular complexity index is 884. The summed E-state index contributed by atoms with van der Waals surface area (Å²) in [5.41, 5.74) is 12.4. The van der Waals surface area contributed by atoms with Gasteiger partial charge in [-0.25, -0.2) is 9.97 Å². The number of carbonyl (C=O) groups is 1. The van der Waals surface area contributed by atoms with Gasteiger partial charge in [-0.15, -0.1) is 0 Å². The van der Waals surface area contributed by atoms with Gasteiger partial charge in [0.25, 0.3) is 5.91 Å². The minimum atomic E-state index is -0.345. The highest BCUT2D eigenvalue weighted by molar-refractivity contribution is 6.30. The van der Waals surface area contributed by atoms with Gasteiger partial charge >= 0.3 is 0 Å². The molecule has 0 unspecified atom stereocenters. The van der Waals surface area contributed by atoms with Crippen LogP contribution in [-0.4, -0.2) is 33.0 Å². The molecular weight excluding hydrogens is 390 g/mol. The number of nitrogens with two attached hydrogens (primary N) is 1. The van der Waals surface area contributed by atoms with Crippen molar-refractivity contribution in [3.63, 3.8) is 0 Å². The molecule has 0 radical (unpaired) electrons. The molecule has 6 N–H and O–H groups in total. The van der Waals surface area contributed by atoms with Crippen LogP contribution >= 0.6 is 11.6 Å². The number of nitrogens with zero attached hydrogens (tertiary/aromatic N) is 2. The van der Waals surface area contributed by atoms with Gasteiger partial charge in [-0.1, -0.05) is 17.7 Å². The fourth-order valence-electron chi connectivity index (χ4n) is 4.05. The molecule has 2 aromatic rings. The van der Waals surface area contributed by atoms with Crippen molar-refractivity contribution in [1.29, 1.82) is 0 Å². The Morgan fingerprint density at radius 3 is 2.48 bits per heavy atom. The average molecular weight is 418 g/mol. The summed E-state index contributed by atoms with van der Waals surface area (Å²) in [4.78, 5) is 20.7. The fourth-order valence-corrected chi connectivity index (χ4v) is 4.24. The van der Waals surface area contributed by atoms with Crippen LogP contribution in [-0.2, 0) is 0 Å². The van der Waals surface area contributed by atoms with Crippen LogP contribution in [0.4, 0.5) is 17.3 Å². The van der Waals surface area contributed by atoms with Gasteiger partial charge in [0.15, 0.2) is 11.6 Å². The van der Waals surface area contributed by atoms with E-state index in [2.05, 4.69) is 59.1 Å². The molecule has 1 aliphatic rings. The zero-order chi connectivity index (χ0) is 21.2. The van der Waals surface area contributed by atoms with Crippen molar-refractivity contribution >= 4 is 34.8 Å². The minimum absolute atomic E-state index is 0.00673. The third-order valence-electron chi connectivity index (χ3n) is 4.80. The van der Waals surface area contributed by atoms with Crippen molar-refractivity contribution in [1.82, 2.24) is 20.7 Å². The van der Waals surface area contributed by atoms with Gasteiger partial charge in [0.05, 0.1) is 0 Å². The Morgan fingerprint density at radius 1 is 1.17 bits per heavy atom. The first-order valence-corrected chi connectivity index (χ1v) is 9.91. The zero-order valence-electron chi connectivity index (χ0n) is 17.1. The lowest BCUT2D eigenvalue weighted by molar-refractivity contribution is 0.0962. The molecule has 0 aliphatic carbocycles. The number of benzene rings is 1. The molecule has 0 atom stereocenters. The molecule has 0 saturated carbocycles. The highest BCUT2D eigenvalue weighted by atomic mass is 35.5. The maximum atomic E-state index is 12.3. The second-order valence-electron chi connectivity index (χ2n) is 8.72. The zero-order valence-corrected chi connectivity index (χ0v) is 17.9. The third-order valence-corrected chi connectivity index (χ3v) is 5.03. The van der Waals surface area contributed by atoms with Crippen molar-refractivity contribution in [3.8, 4) is 0 Å². The van der Waals surface area contributed by atoms with E-state index in [1.807, 2.05) is 0 Å². The molecule has 1 amide bonds. The summed E-state index contributed by atoms with van der Waals surface area (Å²) in [6, 6.07) is 6.86. The van der Waals surface area contributed by atoms with E-state index in [-0.39, 0.29) is 23.0 Å². The van der Waals surface area contributed by atoms with Gasteiger partial charge in [-0.3, -0.25) is 15.6 Å². The molecule has 1 fully saturated rings. The lowest BCUT2D eigenvalue weighted by Gasteiger charge is -2.46. The molecule has 1 aromatic heterocycles. The standard InChI is InChI=1S/C20H28ClN7O/c1-19(2)9-14(10-20(3,4)28-19)25-16-15(22)17(24-11-23-16)26-27-18(29)12-6-5-7-13(21)8-12/h5-8,11,14,28H,9-10,22H2,1-4H3,(H,27,29)(H2,23,24,25,26). The summed E-state index contributed by atoms with van der Waals surface area (Å²) < 4.78 is 0. The molecule has 156 valence electrons. The van der Waals surface area contributed by atoms with E-state index < -0.39 is 0 Å². The summed E-state index contributed by atoms with van der Waals surface area (Å²) >= 11 is 5.93. The Balaban J connectivity index is 1.69. The van der Waals surface area contributed by atoms with Crippen LogP contribution in [0.3, 0.4) is 0 Å². The predicted molar refractivity (Wildman–Crippen MR) is 117 cm³/mol. The van der Waals surface area contributed by atoms with E-state index in [4.69, 9.17) is 17.3 Å². The predicted octanol–water partition coefficient (Wildman–Crippen LogP) is 3.19. The van der Waals surface area contributed by atoms with E-state index >= 15 is 0 Å². The van der Waals surface area contributed by atoms with E-state index in [0.717, 1.165) is 12.8 Å². The molecule has 8 nitrogen and oxygen atoms in total. The van der Waals surface area contributed by atoms with Crippen LogP contribution in [0.25, 0.3) is 0 Å². The van der Waals surface area contributed by atoms with Crippen LogP contribution in [0.15, 0.2) is 30.6 Å². The van der Waals surface area contributed by atoms with Crippen LogP contribution in [0.5, 0.6) is 0 Å². The molecule has 1 aromatic carbocycles. The maximum Gasteiger partial charge on any atom is 0.269 e. The van der Waals surface area contributed by atoms with Gasteiger partial charge in [0.1, 0.15) is 12.0 Å². The fraction of sp³-hybridized carbons (Fsp3) is 0.450. The number of nitrogens with one attached hydrogen (secondary N) is 4. The van der Waals surface area contributed by atoms with Gasteiger partial charge in [-0.05, 0) is 58.7 Å². The molecule has 1 saturated heterocycles. The van der Waals surface area contributed by atoms with Crippen molar-refractivity contribution in [2.75, 3.05) is 16.5 Å². The Labute approximate surface area is 176 Å². The number of hydrogen-bond donors (Lipinski definition) is 5. The first kappa shape index (κ1) is 21.1. The minimum Gasteiger partial charge on any atom is -0.393 e. The molecule has 0 spiro atoms. The number of hydrogen-bond acceptors (Lipinski definition) is 7. The van der Waals surface area contributed by atoms with E-state index in [1.54, 1.807) is 24.3 Å². The Hall–Kier alpha value is -2.58. The maximum absolute atomic E-state index is 12.3. The molecule has 1 aliphatic heterocycles. The van der Waals surface area contributed by atoms with Crippen molar-refractivity contribution in [2.24, 2.45) is 0 Å². The van der Waals surface area contributed by atoms with Crippen LogP contribution in [0.1, 0.15) is 50.9 Å². The highest BCUT2D eigenvalue weighted by Crippen LogP contribution is 2.32. The molecule has 3 rings (SSSR count). The molecule has 9 heteroatoms. The van der Waals surface area contributed by atoms with Gasteiger partial charge in [-0.2, -0.15) is 0 Å². The first-order chi connectivity index (χ1) is 13.5. The Morgan fingerprint density at radius 2 is 1.83 bits per heavy atom. The van der Waals surface area contributed by atoms with E-state index in [9.17, 15) is 4.79 Å². The van der Waals surface area contributed by atoms with Gasteiger partial charge in [0.2, 0.25) is 0 Å². The summed E-state index contributed by atoms with van der Waals surface area (Å²) in [6.45, 7) is 8.74. The number of amides is 1. The number of anilines is 3. The first-order valence-electron chi connectivity index (χ1n) is 9.53. The SMILES string of the molecule is CC1(C)CC(Nc2ncnc(NNC(=O)c3cccc(Cl)c3)c2N)CC(C)(C)N1. The lowest BCUT2D eigenvalue weighted by atomic mass is 9.79. The lowest BCUT2D eigenvalue weighted by Crippen LogP contribution is -2.60. The van der Waals surface area contributed by atoms with Crippen molar-refractivity contribution in [2.45, 2.75) is 57.7 Å². The number of aromatic nitrogens is 2. The molecule has 0 bridgehead atoms. The topological polar surface area (TPSA) is 117 Å². The number of halogens is 1. The van der Waals surface area contributed by atoms with E-state index in [0.29, 0.717) is 27.9 Å². The monoisotopic (exact) mass is 417 g/mol.